The normalized spacial score (nSPS) is 25.1. The minimum atomic E-state index is -5.23. The smallest absolute Gasteiger partial charge is 0.488 e. The maximum Gasteiger partial charge on any atom is 0.511 e. The maximum atomic E-state index is 12.5. The molecule has 0 bridgehead atoms. The van der Waals surface area contributed by atoms with Crippen molar-refractivity contribution < 1.29 is 26.3 Å². The van der Waals surface area contributed by atoms with E-state index in [1.165, 1.54) is 11.8 Å². The zero-order valence-corrected chi connectivity index (χ0v) is 12.9. The largest absolute Gasteiger partial charge is 0.511 e. The highest BCUT2D eigenvalue weighted by Crippen LogP contribution is 2.48. The summed E-state index contributed by atoms with van der Waals surface area (Å²) in [6, 6.07) is 3.48. The number of thioether (sulfide) groups is 1. The molecular formula is C12H13F3N2O3S2. The summed E-state index contributed by atoms with van der Waals surface area (Å²) >= 11 is 1.47. The van der Waals surface area contributed by atoms with Gasteiger partial charge in [0.1, 0.15) is 11.9 Å². The van der Waals surface area contributed by atoms with Crippen molar-refractivity contribution in [3.8, 4) is 5.75 Å². The first-order valence-corrected chi connectivity index (χ1v) is 8.92. The van der Waals surface area contributed by atoms with Crippen LogP contribution in [0.2, 0.25) is 0 Å². The number of aromatic nitrogens is 1. The SMILES string of the molecule is O=S(=O)(N1CC2(C[C@@H](Oc3cccnc3)CS2)C1)C(F)(F)F. The van der Waals surface area contributed by atoms with Crippen LogP contribution < -0.4 is 4.74 Å². The summed E-state index contributed by atoms with van der Waals surface area (Å²) in [4.78, 5) is 3.92. The van der Waals surface area contributed by atoms with Gasteiger partial charge >= 0.3 is 15.5 Å². The minimum Gasteiger partial charge on any atom is -0.488 e. The first kappa shape index (κ1) is 15.9. The summed E-state index contributed by atoms with van der Waals surface area (Å²) in [5, 5.41) is 0. The Labute approximate surface area is 129 Å². The summed E-state index contributed by atoms with van der Waals surface area (Å²) in [6.07, 6.45) is 3.56. The van der Waals surface area contributed by atoms with Crippen molar-refractivity contribution in [2.75, 3.05) is 18.8 Å². The number of alkyl halides is 3. The van der Waals surface area contributed by atoms with Crippen LogP contribution in [0.15, 0.2) is 24.5 Å². The molecule has 1 spiro atoms. The molecule has 22 heavy (non-hydrogen) atoms. The van der Waals surface area contributed by atoms with Crippen molar-refractivity contribution in [2.24, 2.45) is 0 Å². The summed E-state index contributed by atoms with van der Waals surface area (Å²) in [5.74, 6) is 1.22. The molecule has 0 amide bonds. The Bertz CT molecular complexity index is 645. The molecule has 3 heterocycles. The van der Waals surface area contributed by atoms with Crippen molar-refractivity contribution >= 4 is 21.8 Å². The molecule has 2 fully saturated rings. The third-order valence-electron chi connectivity index (χ3n) is 3.67. The number of pyridine rings is 1. The van der Waals surface area contributed by atoms with Crippen LogP contribution in [-0.2, 0) is 10.0 Å². The zero-order chi connectivity index (χ0) is 16.0. The molecule has 0 aromatic carbocycles. The fraction of sp³-hybridized carbons (Fsp3) is 0.583. The van der Waals surface area contributed by atoms with Crippen molar-refractivity contribution in [3.05, 3.63) is 24.5 Å². The van der Waals surface area contributed by atoms with Crippen LogP contribution in [0.4, 0.5) is 13.2 Å². The van der Waals surface area contributed by atoms with Crippen LogP contribution in [0.5, 0.6) is 5.75 Å². The molecule has 5 nitrogen and oxygen atoms in total. The summed E-state index contributed by atoms with van der Waals surface area (Å²) in [5.41, 5.74) is -5.23. The van der Waals surface area contributed by atoms with Gasteiger partial charge in [-0.3, -0.25) is 4.98 Å². The van der Waals surface area contributed by atoms with Crippen molar-refractivity contribution in [1.29, 1.82) is 0 Å². The number of nitrogens with zero attached hydrogens (tertiary/aromatic N) is 2. The van der Waals surface area contributed by atoms with Crippen LogP contribution in [0, 0.1) is 0 Å². The molecule has 0 N–H and O–H groups in total. The van der Waals surface area contributed by atoms with E-state index >= 15 is 0 Å². The molecule has 0 aliphatic carbocycles. The molecule has 2 saturated heterocycles. The van der Waals surface area contributed by atoms with E-state index in [-0.39, 0.29) is 19.2 Å². The first-order chi connectivity index (χ1) is 10.2. The van der Waals surface area contributed by atoms with Crippen LogP contribution in [0.25, 0.3) is 0 Å². The molecule has 122 valence electrons. The molecule has 10 heteroatoms. The Morgan fingerprint density at radius 3 is 2.73 bits per heavy atom. The van der Waals surface area contributed by atoms with Gasteiger partial charge in [-0.2, -0.15) is 17.5 Å². The molecule has 1 aromatic heterocycles. The molecule has 0 radical (unpaired) electrons. The van der Waals surface area contributed by atoms with Crippen molar-refractivity contribution in [1.82, 2.24) is 9.29 Å². The van der Waals surface area contributed by atoms with Gasteiger partial charge in [0.15, 0.2) is 0 Å². The van der Waals surface area contributed by atoms with Crippen LogP contribution in [0.3, 0.4) is 0 Å². The predicted molar refractivity (Wildman–Crippen MR) is 75.0 cm³/mol. The molecule has 0 unspecified atom stereocenters. The van der Waals surface area contributed by atoms with E-state index in [9.17, 15) is 21.6 Å². The summed E-state index contributed by atoms with van der Waals surface area (Å²) in [6.45, 7) is -0.237. The maximum absolute atomic E-state index is 12.5. The van der Waals surface area contributed by atoms with E-state index in [1.54, 1.807) is 24.5 Å². The summed E-state index contributed by atoms with van der Waals surface area (Å²) < 4.78 is 65.8. The number of sulfonamides is 1. The van der Waals surface area contributed by atoms with Crippen molar-refractivity contribution in [2.45, 2.75) is 22.8 Å². The lowest BCUT2D eigenvalue weighted by Gasteiger charge is -2.46. The Morgan fingerprint density at radius 2 is 2.14 bits per heavy atom. The van der Waals surface area contributed by atoms with Crippen LogP contribution >= 0.6 is 11.8 Å². The first-order valence-electron chi connectivity index (χ1n) is 6.49. The number of rotatable bonds is 3. The third kappa shape index (κ3) is 2.79. The number of ether oxygens (including phenoxy) is 1. The Morgan fingerprint density at radius 1 is 1.41 bits per heavy atom. The molecule has 1 atom stereocenters. The topological polar surface area (TPSA) is 59.5 Å². The van der Waals surface area contributed by atoms with Gasteiger partial charge in [0.25, 0.3) is 0 Å². The van der Waals surface area contributed by atoms with E-state index in [4.69, 9.17) is 4.74 Å². The fourth-order valence-corrected chi connectivity index (χ4v) is 5.43. The van der Waals surface area contributed by atoms with Crippen LogP contribution in [-0.4, -0.2) is 52.9 Å². The van der Waals surface area contributed by atoms with Gasteiger partial charge in [-0.25, -0.2) is 8.42 Å². The van der Waals surface area contributed by atoms with Gasteiger partial charge in [-0.05, 0) is 12.1 Å². The number of hydrogen-bond acceptors (Lipinski definition) is 5. The molecule has 3 rings (SSSR count). The molecule has 0 saturated carbocycles. The minimum absolute atomic E-state index is 0.119. The highest BCUT2D eigenvalue weighted by Gasteiger charge is 2.60. The van der Waals surface area contributed by atoms with Gasteiger partial charge in [0.05, 0.1) is 6.20 Å². The predicted octanol–water partition coefficient (Wildman–Crippen LogP) is 1.87. The van der Waals surface area contributed by atoms with Gasteiger partial charge in [0.2, 0.25) is 0 Å². The molecular weight excluding hydrogens is 341 g/mol. The van der Waals surface area contributed by atoms with E-state index in [0.29, 0.717) is 22.2 Å². The van der Waals surface area contributed by atoms with E-state index < -0.39 is 20.3 Å². The Balaban J connectivity index is 1.59. The average Bonchev–Trinajstić information content (AvgIpc) is 2.81. The quantitative estimate of drug-likeness (QED) is 0.829. The Hall–Kier alpha value is -1.00. The van der Waals surface area contributed by atoms with E-state index in [1.807, 2.05) is 0 Å². The molecule has 2 aliphatic heterocycles. The number of hydrogen-bond donors (Lipinski definition) is 0. The second-order valence-corrected chi connectivity index (χ2v) is 8.76. The highest BCUT2D eigenvalue weighted by molar-refractivity contribution is 8.01. The second-order valence-electron chi connectivity index (χ2n) is 5.35. The van der Waals surface area contributed by atoms with Gasteiger partial charge in [-0.1, -0.05) is 0 Å². The van der Waals surface area contributed by atoms with E-state index in [2.05, 4.69) is 4.98 Å². The second kappa shape index (κ2) is 5.27. The van der Waals surface area contributed by atoms with Gasteiger partial charge < -0.3 is 4.74 Å². The van der Waals surface area contributed by atoms with Crippen LogP contribution in [0.1, 0.15) is 6.42 Å². The fourth-order valence-electron chi connectivity index (χ4n) is 2.62. The number of halogens is 3. The average molecular weight is 354 g/mol. The lowest BCUT2D eigenvalue weighted by molar-refractivity contribution is -0.0517. The van der Waals surface area contributed by atoms with Gasteiger partial charge in [-0.15, -0.1) is 11.8 Å². The third-order valence-corrected chi connectivity index (χ3v) is 6.77. The lowest BCUT2D eigenvalue weighted by Crippen LogP contribution is -2.62. The Kier molecular flexibility index (Phi) is 3.81. The highest BCUT2D eigenvalue weighted by atomic mass is 32.2. The van der Waals surface area contributed by atoms with Gasteiger partial charge in [0, 0.05) is 36.2 Å². The van der Waals surface area contributed by atoms with E-state index in [0.717, 1.165) is 0 Å². The summed E-state index contributed by atoms with van der Waals surface area (Å²) in [7, 11) is -5.21. The zero-order valence-electron chi connectivity index (χ0n) is 11.3. The molecule has 2 aliphatic rings. The standard InChI is InChI=1S/C12H13F3N2O3S2/c13-12(14,15)22(18,19)17-7-11(8-17)4-10(6-21-11)20-9-2-1-3-16-5-9/h1-3,5,10H,4,6-8H2/t10-/m1/s1. The van der Waals surface area contributed by atoms with Crippen molar-refractivity contribution in [3.63, 3.8) is 0 Å². The molecule has 1 aromatic rings. The monoisotopic (exact) mass is 354 g/mol. The lowest BCUT2D eigenvalue weighted by atomic mass is 9.95.